The van der Waals surface area contributed by atoms with Crippen LogP contribution in [0.1, 0.15) is 32.6 Å². The summed E-state index contributed by atoms with van der Waals surface area (Å²) >= 11 is 0. The van der Waals surface area contributed by atoms with Gasteiger partial charge in [0.15, 0.2) is 0 Å². The molecule has 18 heavy (non-hydrogen) atoms. The van der Waals surface area contributed by atoms with Crippen molar-refractivity contribution in [1.29, 1.82) is 0 Å². The highest BCUT2D eigenvalue weighted by molar-refractivity contribution is 5.08. The Bertz CT molecular complexity index is 335. The third-order valence-corrected chi connectivity index (χ3v) is 2.48. The minimum atomic E-state index is -0.489. The van der Waals surface area contributed by atoms with Crippen molar-refractivity contribution in [3.8, 4) is 0 Å². The molecule has 0 N–H and O–H groups in total. The molecule has 0 heterocycles. The van der Waals surface area contributed by atoms with Gasteiger partial charge in [-0.15, -0.1) is 0 Å². The molecule has 1 atom stereocenters. The molecular formula is C13H20N2O3. The second kappa shape index (κ2) is 10.4. The summed E-state index contributed by atoms with van der Waals surface area (Å²) in [5.41, 5.74) is 1.24. The van der Waals surface area contributed by atoms with E-state index in [1.54, 1.807) is 6.08 Å². The molecule has 0 saturated carbocycles. The summed E-state index contributed by atoms with van der Waals surface area (Å²) in [5.74, 6) is 0. The van der Waals surface area contributed by atoms with Gasteiger partial charge in [0.05, 0.1) is 0 Å². The van der Waals surface area contributed by atoms with Gasteiger partial charge in [0.25, 0.3) is 0 Å². The number of nitro groups is 1. The summed E-state index contributed by atoms with van der Waals surface area (Å²) in [4.78, 5) is 20.2. The van der Waals surface area contributed by atoms with Gasteiger partial charge in [-0.05, 0) is 26.2 Å². The van der Waals surface area contributed by atoms with Crippen LogP contribution in [0.5, 0.6) is 0 Å². The third-order valence-electron chi connectivity index (χ3n) is 2.48. The maximum Gasteiger partial charge on any atom is 0.206 e. The summed E-state index contributed by atoms with van der Waals surface area (Å²) in [5, 5.41) is 13.1. The van der Waals surface area contributed by atoms with Gasteiger partial charge in [-0.1, -0.05) is 41.6 Å². The lowest BCUT2D eigenvalue weighted by atomic mass is 10.1. The van der Waals surface area contributed by atoms with E-state index in [-0.39, 0.29) is 13.0 Å². The van der Waals surface area contributed by atoms with E-state index in [1.165, 1.54) is 5.57 Å². The van der Waals surface area contributed by atoms with Gasteiger partial charge >= 0.3 is 0 Å². The molecule has 0 aliphatic heterocycles. The van der Waals surface area contributed by atoms with Crippen molar-refractivity contribution in [2.24, 2.45) is 5.18 Å². The van der Waals surface area contributed by atoms with Crippen LogP contribution in [0, 0.1) is 15.0 Å². The van der Waals surface area contributed by atoms with Crippen molar-refractivity contribution in [3.63, 3.8) is 0 Å². The van der Waals surface area contributed by atoms with Crippen molar-refractivity contribution >= 4 is 0 Å². The monoisotopic (exact) mass is 252 g/mol. The Kier molecular flexibility index (Phi) is 9.35. The van der Waals surface area contributed by atoms with Gasteiger partial charge in [-0.2, -0.15) is 4.91 Å². The van der Waals surface area contributed by atoms with E-state index < -0.39 is 11.0 Å². The fraction of sp³-hybridized carbons (Fsp3) is 0.538. The van der Waals surface area contributed by atoms with Crippen LogP contribution in [0.2, 0.25) is 0 Å². The first-order valence-electron chi connectivity index (χ1n) is 5.97. The van der Waals surface area contributed by atoms with E-state index in [9.17, 15) is 15.0 Å². The van der Waals surface area contributed by atoms with Gasteiger partial charge < -0.3 is 0 Å². The van der Waals surface area contributed by atoms with Gasteiger partial charge in [0.1, 0.15) is 6.04 Å². The minimum Gasteiger partial charge on any atom is -0.265 e. The summed E-state index contributed by atoms with van der Waals surface area (Å²) in [7, 11) is 0. The SMILES string of the molecule is C=C/C=C(\C)CC/C=C/CC(CC[N+](=O)[O-])N=O. The number of rotatable bonds is 10. The zero-order valence-corrected chi connectivity index (χ0v) is 10.7. The molecule has 0 aromatic rings. The minimum absolute atomic E-state index is 0.203. The van der Waals surface area contributed by atoms with Gasteiger partial charge in [0, 0.05) is 11.3 Å². The lowest BCUT2D eigenvalue weighted by molar-refractivity contribution is -0.480. The van der Waals surface area contributed by atoms with Crippen LogP contribution in [0.25, 0.3) is 0 Å². The average Bonchev–Trinajstić information content (AvgIpc) is 2.32. The Morgan fingerprint density at radius 1 is 1.50 bits per heavy atom. The highest BCUT2D eigenvalue weighted by Gasteiger charge is 2.10. The zero-order chi connectivity index (χ0) is 13.8. The summed E-state index contributed by atoms with van der Waals surface area (Å²) < 4.78 is 0. The van der Waals surface area contributed by atoms with Gasteiger partial charge in [-0.3, -0.25) is 10.1 Å². The lowest BCUT2D eigenvalue weighted by Gasteiger charge is -2.02. The molecule has 0 aromatic heterocycles. The zero-order valence-electron chi connectivity index (χ0n) is 10.7. The van der Waals surface area contributed by atoms with Crippen LogP contribution in [-0.2, 0) is 0 Å². The second-order valence-corrected chi connectivity index (χ2v) is 4.10. The Morgan fingerprint density at radius 2 is 2.22 bits per heavy atom. The normalized spacial score (nSPS) is 13.5. The first-order valence-corrected chi connectivity index (χ1v) is 5.97. The topological polar surface area (TPSA) is 72.6 Å². The lowest BCUT2D eigenvalue weighted by Crippen LogP contribution is -2.10. The van der Waals surface area contributed by atoms with E-state index in [2.05, 4.69) is 11.8 Å². The quantitative estimate of drug-likeness (QED) is 0.196. The molecule has 1 unspecified atom stereocenters. The number of nitroso groups, excluding NO2 is 1. The molecule has 0 aromatic carbocycles. The molecule has 100 valence electrons. The van der Waals surface area contributed by atoms with E-state index in [4.69, 9.17) is 0 Å². The predicted octanol–water partition coefficient (Wildman–Crippen LogP) is 3.65. The van der Waals surface area contributed by atoms with E-state index in [0.717, 1.165) is 12.8 Å². The molecule has 5 heteroatoms. The van der Waals surface area contributed by atoms with Gasteiger partial charge in [0.2, 0.25) is 6.54 Å². The molecule has 0 radical (unpaired) electrons. The Morgan fingerprint density at radius 3 is 2.78 bits per heavy atom. The van der Waals surface area contributed by atoms with E-state index in [1.807, 2.05) is 25.2 Å². The number of nitrogens with zero attached hydrogens (tertiary/aromatic N) is 2. The van der Waals surface area contributed by atoms with E-state index >= 15 is 0 Å². The van der Waals surface area contributed by atoms with Crippen LogP contribution in [0.3, 0.4) is 0 Å². The van der Waals surface area contributed by atoms with Crippen molar-refractivity contribution in [2.45, 2.75) is 38.6 Å². The van der Waals surface area contributed by atoms with Crippen LogP contribution in [-0.4, -0.2) is 17.5 Å². The molecule has 0 saturated heterocycles. The summed E-state index contributed by atoms with van der Waals surface area (Å²) in [6.45, 7) is 5.44. The Hall–Kier alpha value is -1.78. The third kappa shape index (κ3) is 9.45. The standard InChI is InChI=1S/C13H20N2O3/c1-3-7-12(2)8-5-4-6-9-13(14-16)10-11-15(17)18/h3-4,6-7,13H,1,5,8-11H2,2H3/b6-4+,12-7+. The number of hydrogen-bond donors (Lipinski definition) is 0. The highest BCUT2D eigenvalue weighted by Crippen LogP contribution is 2.08. The molecule has 0 spiro atoms. The first-order chi connectivity index (χ1) is 8.60. The second-order valence-electron chi connectivity index (χ2n) is 4.10. The molecule has 0 aliphatic carbocycles. The number of hydrogen-bond acceptors (Lipinski definition) is 4. The van der Waals surface area contributed by atoms with Crippen LogP contribution in [0.15, 0.2) is 41.6 Å². The van der Waals surface area contributed by atoms with Crippen LogP contribution in [0.4, 0.5) is 0 Å². The molecule has 0 bridgehead atoms. The molecule has 5 nitrogen and oxygen atoms in total. The maximum atomic E-state index is 10.4. The summed E-state index contributed by atoms with van der Waals surface area (Å²) in [6, 6.07) is -0.489. The Balaban J connectivity index is 3.84. The van der Waals surface area contributed by atoms with Gasteiger partial charge in [-0.25, -0.2) is 0 Å². The fourth-order valence-corrected chi connectivity index (χ4v) is 1.43. The molecular weight excluding hydrogens is 232 g/mol. The van der Waals surface area contributed by atoms with Crippen molar-refractivity contribution in [3.05, 3.63) is 51.5 Å². The Labute approximate surface area is 107 Å². The fourth-order valence-electron chi connectivity index (χ4n) is 1.43. The highest BCUT2D eigenvalue weighted by atomic mass is 16.6. The molecule has 0 aliphatic rings. The maximum absolute atomic E-state index is 10.4. The molecule has 0 amide bonds. The van der Waals surface area contributed by atoms with Crippen LogP contribution >= 0.6 is 0 Å². The average molecular weight is 252 g/mol. The first kappa shape index (κ1) is 16.2. The molecule has 0 rings (SSSR count). The number of allylic oxidation sites excluding steroid dienone is 4. The van der Waals surface area contributed by atoms with Crippen molar-refractivity contribution < 1.29 is 4.92 Å². The van der Waals surface area contributed by atoms with E-state index in [0.29, 0.717) is 6.42 Å². The summed E-state index contributed by atoms with van der Waals surface area (Å²) in [6.07, 6.45) is 10.1. The smallest absolute Gasteiger partial charge is 0.206 e. The van der Waals surface area contributed by atoms with Crippen molar-refractivity contribution in [1.82, 2.24) is 0 Å². The molecule has 0 fully saturated rings. The largest absolute Gasteiger partial charge is 0.265 e. The van der Waals surface area contributed by atoms with Crippen LogP contribution < -0.4 is 0 Å². The predicted molar refractivity (Wildman–Crippen MR) is 73.0 cm³/mol. The van der Waals surface area contributed by atoms with Crippen molar-refractivity contribution in [2.75, 3.05) is 6.54 Å².